The summed E-state index contributed by atoms with van der Waals surface area (Å²) in [4.78, 5) is 0. The highest BCUT2D eigenvalue weighted by Gasteiger charge is 1.80. The lowest BCUT2D eigenvalue weighted by molar-refractivity contribution is 0.626. The summed E-state index contributed by atoms with van der Waals surface area (Å²) in [6.07, 6.45) is 2.56. The lowest BCUT2D eigenvalue weighted by Crippen LogP contribution is -1.77. The first-order chi connectivity index (χ1) is 6.68. The highest BCUT2D eigenvalue weighted by Crippen LogP contribution is 1.93. The second kappa shape index (κ2) is 74.9. The Bertz CT molecular complexity index is 21.2. The molecular weight excluding hydrogens is 168 g/mol. The van der Waals surface area contributed by atoms with Gasteiger partial charge in [-0.2, -0.15) is 0 Å². The molecule has 0 radical (unpaired) electrons. The Balaban J connectivity index is -0.0000000263. The lowest BCUT2D eigenvalue weighted by Gasteiger charge is -1.90. The molecule has 0 saturated carbocycles. The second-order valence-corrected chi connectivity index (χ2v) is 2.51. The van der Waals surface area contributed by atoms with Crippen LogP contribution in [0.3, 0.4) is 0 Å². The van der Waals surface area contributed by atoms with E-state index in [1.54, 1.807) is 0 Å². The summed E-state index contributed by atoms with van der Waals surface area (Å²) in [6, 6.07) is 0. The average molecular weight is 206 g/mol. The van der Waals surface area contributed by atoms with E-state index in [0.29, 0.717) is 0 Å². The van der Waals surface area contributed by atoms with Crippen LogP contribution in [-0.2, 0) is 0 Å². The molecule has 0 nitrogen and oxygen atoms in total. The Labute approximate surface area is 95.5 Å². The summed E-state index contributed by atoms with van der Waals surface area (Å²) >= 11 is 0. The van der Waals surface area contributed by atoms with Gasteiger partial charge >= 0.3 is 0 Å². The van der Waals surface area contributed by atoms with Gasteiger partial charge in [-0.05, 0) is 5.92 Å². The molecule has 0 spiro atoms. The van der Waals surface area contributed by atoms with Crippen molar-refractivity contribution in [2.45, 2.75) is 89.0 Å². The van der Waals surface area contributed by atoms with E-state index in [1.165, 1.54) is 12.8 Å². The standard InChI is InChI=1S/C5H12.C3H8.3C2H6/c1-4-5(2)3;1-3-2;3*1-2/h5H,4H2,1-3H3;3H2,1-2H3;3*1-2H3. The molecule has 0 unspecified atom stereocenters. The molecule has 0 aromatic rings. The van der Waals surface area contributed by atoms with Crippen LogP contribution in [0.5, 0.6) is 0 Å². The molecule has 0 saturated heterocycles. The Morgan fingerprint density at radius 2 is 0.714 bits per heavy atom. The summed E-state index contributed by atoms with van der Waals surface area (Å²) < 4.78 is 0. The summed E-state index contributed by atoms with van der Waals surface area (Å²) in [7, 11) is 0. The minimum atomic E-state index is 0.884. The molecule has 0 aromatic carbocycles. The molecule has 0 aliphatic carbocycles. The van der Waals surface area contributed by atoms with Gasteiger partial charge in [0.2, 0.25) is 0 Å². The predicted octanol–water partition coefficient (Wildman–Crippen LogP) is 6.55. The first-order valence-corrected chi connectivity index (χ1v) is 6.68. The van der Waals surface area contributed by atoms with Crippen LogP contribution in [0.25, 0.3) is 0 Å². The maximum atomic E-state index is 2.22. The van der Waals surface area contributed by atoms with E-state index in [-0.39, 0.29) is 0 Å². The van der Waals surface area contributed by atoms with Gasteiger partial charge in [-0.1, -0.05) is 89.0 Å². The zero-order chi connectivity index (χ0) is 13.0. The smallest absolute Gasteiger partial charge is 0.0474 e. The third-order valence-corrected chi connectivity index (χ3v) is 0.816. The molecule has 14 heavy (non-hydrogen) atoms. The zero-order valence-electron chi connectivity index (χ0n) is 13.0. The van der Waals surface area contributed by atoms with Crippen molar-refractivity contribution in [3.05, 3.63) is 0 Å². The van der Waals surface area contributed by atoms with Crippen LogP contribution in [0.4, 0.5) is 0 Å². The minimum Gasteiger partial charge on any atom is -0.0683 e. The molecule has 0 heterocycles. The summed E-state index contributed by atoms with van der Waals surface area (Å²) in [5.74, 6) is 0.884. The number of hydrogen-bond acceptors (Lipinski definition) is 0. The van der Waals surface area contributed by atoms with Gasteiger partial charge < -0.3 is 0 Å². The van der Waals surface area contributed by atoms with E-state index >= 15 is 0 Å². The fraction of sp³-hybridized carbons (Fsp3) is 1.00. The third-order valence-electron chi connectivity index (χ3n) is 0.816. The van der Waals surface area contributed by atoms with Crippen LogP contribution in [-0.4, -0.2) is 0 Å². The van der Waals surface area contributed by atoms with Crippen molar-refractivity contribution in [1.82, 2.24) is 0 Å². The van der Waals surface area contributed by atoms with Crippen LogP contribution >= 0.6 is 0 Å². The van der Waals surface area contributed by atoms with Crippen molar-refractivity contribution in [3.8, 4) is 0 Å². The van der Waals surface area contributed by atoms with E-state index < -0.39 is 0 Å². The number of rotatable bonds is 1. The van der Waals surface area contributed by atoms with Crippen molar-refractivity contribution in [3.63, 3.8) is 0 Å². The van der Waals surface area contributed by atoms with E-state index in [9.17, 15) is 0 Å². The van der Waals surface area contributed by atoms with Crippen molar-refractivity contribution in [2.75, 3.05) is 0 Å². The molecule has 0 N–H and O–H groups in total. The van der Waals surface area contributed by atoms with Crippen LogP contribution in [0.1, 0.15) is 89.0 Å². The van der Waals surface area contributed by atoms with Gasteiger partial charge in [-0.3, -0.25) is 0 Å². The quantitative estimate of drug-likeness (QED) is 0.456. The first kappa shape index (κ1) is 29.2. The first-order valence-electron chi connectivity index (χ1n) is 6.68. The topological polar surface area (TPSA) is 0 Å². The van der Waals surface area contributed by atoms with Gasteiger partial charge in [0, 0.05) is 0 Å². The van der Waals surface area contributed by atoms with Crippen molar-refractivity contribution in [2.24, 2.45) is 5.92 Å². The van der Waals surface area contributed by atoms with Gasteiger partial charge in [0.15, 0.2) is 0 Å². The van der Waals surface area contributed by atoms with Gasteiger partial charge in [-0.25, -0.2) is 0 Å². The Hall–Kier alpha value is 0. The Morgan fingerprint density at radius 3 is 0.714 bits per heavy atom. The fourth-order valence-corrected chi connectivity index (χ4v) is 0. The molecule has 0 aliphatic rings. The van der Waals surface area contributed by atoms with E-state index in [0.717, 1.165) is 5.92 Å². The van der Waals surface area contributed by atoms with Gasteiger partial charge in [0.05, 0.1) is 0 Å². The maximum absolute atomic E-state index is 2.22. The molecule has 0 fully saturated rings. The van der Waals surface area contributed by atoms with E-state index in [2.05, 4.69) is 34.6 Å². The molecule has 0 rings (SSSR count). The highest BCUT2D eigenvalue weighted by molar-refractivity contribution is 4.32. The Kier molecular flexibility index (Phi) is 156. The van der Waals surface area contributed by atoms with Gasteiger partial charge in [0.1, 0.15) is 0 Å². The Morgan fingerprint density at radius 1 is 0.643 bits per heavy atom. The minimum absolute atomic E-state index is 0.884. The summed E-state index contributed by atoms with van der Waals surface area (Å²) in [5, 5.41) is 0. The SMILES string of the molecule is CC.CC.CC.CCC.CCC(C)C. The highest BCUT2D eigenvalue weighted by atomic mass is 13.9. The third kappa shape index (κ3) is 363. The normalized spacial score (nSPS) is 6.00. The van der Waals surface area contributed by atoms with Crippen LogP contribution in [0.15, 0.2) is 0 Å². The van der Waals surface area contributed by atoms with Crippen LogP contribution in [0, 0.1) is 5.92 Å². The molecule has 0 aliphatic heterocycles. The summed E-state index contributed by atoms with van der Waals surface area (Å²) in [6.45, 7) is 22.9. The molecule has 0 atom stereocenters. The van der Waals surface area contributed by atoms with E-state index in [4.69, 9.17) is 0 Å². The van der Waals surface area contributed by atoms with Crippen LogP contribution < -0.4 is 0 Å². The lowest BCUT2D eigenvalue weighted by atomic mass is 10.2. The van der Waals surface area contributed by atoms with Crippen LogP contribution in [0.2, 0.25) is 0 Å². The summed E-state index contributed by atoms with van der Waals surface area (Å²) in [5.41, 5.74) is 0. The van der Waals surface area contributed by atoms with Gasteiger partial charge in [-0.15, -0.1) is 0 Å². The zero-order valence-corrected chi connectivity index (χ0v) is 13.0. The largest absolute Gasteiger partial charge is 0.0683 e. The molecule has 0 heteroatoms. The molecular formula is C14H38. The second-order valence-electron chi connectivity index (χ2n) is 2.51. The van der Waals surface area contributed by atoms with Crippen molar-refractivity contribution in [1.29, 1.82) is 0 Å². The predicted molar refractivity (Wildman–Crippen MR) is 75.1 cm³/mol. The molecule has 0 aromatic heterocycles. The van der Waals surface area contributed by atoms with Crippen molar-refractivity contribution < 1.29 is 0 Å². The molecule has 0 amide bonds. The molecule has 94 valence electrons. The van der Waals surface area contributed by atoms with E-state index in [1.807, 2.05) is 41.5 Å². The number of hydrogen-bond donors (Lipinski definition) is 0. The average Bonchev–Trinajstić information content (AvgIpc) is 2.27. The monoisotopic (exact) mass is 206 g/mol. The molecule has 0 bridgehead atoms. The van der Waals surface area contributed by atoms with Gasteiger partial charge in [0.25, 0.3) is 0 Å². The van der Waals surface area contributed by atoms with Crippen molar-refractivity contribution >= 4 is 0 Å². The maximum Gasteiger partial charge on any atom is -0.0474 e. The fourth-order valence-electron chi connectivity index (χ4n) is 0.